The summed E-state index contributed by atoms with van der Waals surface area (Å²) in [5.74, 6) is 4.25. The Kier molecular flexibility index (Phi) is 17.9. The van der Waals surface area contributed by atoms with Crippen molar-refractivity contribution in [2.24, 2.45) is 33.5 Å². The third-order valence-corrected chi connectivity index (χ3v) is 17.6. The monoisotopic (exact) mass is 1340 g/mol. The van der Waals surface area contributed by atoms with Crippen LogP contribution in [0.3, 0.4) is 0 Å². The number of hydrogen-bond acceptors (Lipinski definition) is 6. The molecule has 1 radical (unpaired) electrons. The summed E-state index contributed by atoms with van der Waals surface area (Å²) in [5, 5.41) is 23.1. The van der Waals surface area contributed by atoms with Gasteiger partial charge in [-0.25, -0.2) is 0 Å². The van der Waals surface area contributed by atoms with Gasteiger partial charge in [-0.05, 0) is 148 Å². The predicted molar refractivity (Wildman–Crippen MR) is 363 cm³/mol. The van der Waals surface area contributed by atoms with Crippen LogP contribution in [0.1, 0.15) is 167 Å². The normalized spacial score (nSPS) is 13.3. The number of aliphatic hydroxyl groups is 1. The zero-order valence-corrected chi connectivity index (χ0v) is 57.0. The second-order valence-electron chi connectivity index (χ2n) is 28.8. The van der Waals surface area contributed by atoms with Crippen LogP contribution in [-0.2, 0) is 50.6 Å². The number of ether oxygens (including phenoxy) is 2. The third kappa shape index (κ3) is 13.3. The van der Waals surface area contributed by atoms with Crippen molar-refractivity contribution in [2.75, 3.05) is 0 Å². The fourth-order valence-corrected chi connectivity index (χ4v) is 12.8. The minimum absolute atomic E-state index is 0. The molecule has 0 bridgehead atoms. The quantitative estimate of drug-likeness (QED) is 0.0568. The van der Waals surface area contributed by atoms with Gasteiger partial charge in [0, 0.05) is 72.0 Å². The Labute approximate surface area is 534 Å². The van der Waals surface area contributed by atoms with E-state index in [1.165, 1.54) is 55.4 Å². The molecule has 6 nitrogen and oxygen atoms in total. The van der Waals surface area contributed by atoms with Gasteiger partial charge in [0.05, 0.1) is 20.0 Å². The van der Waals surface area contributed by atoms with E-state index in [1.807, 2.05) is 46.8 Å². The Morgan fingerprint density at radius 3 is 1.53 bits per heavy atom. The number of nitrogens with zero attached hydrogens (tertiary/aromatic N) is 2. The molecule has 12 rings (SSSR count). The maximum atomic E-state index is 12.0. The summed E-state index contributed by atoms with van der Waals surface area (Å²) >= 11 is 0. The van der Waals surface area contributed by atoms with Gasteiger partial charge >= 0.3 is 0 Å². The van der Waals surface area contributed by atoms with E-state index in [-0.39, 0.29) is 71.6 Å². The number of aromatic nitrogens is 2. The van der Waals surface area contributed by atoms with Gasteiger partial charge in [-0.3, -0.25) is 14.8 Å². The molecule has 0 saturated carbocycles. The fraction of sp³-hybridized carbons (Fsp3) is 0.388. The SMILES string of the molecule is CCC(CC)/C(O)=C/C(=O)C(C)(CC)CC.[2H]c1cc2c3c(cc4c(CC(C)(C)C)cccc42)Oc2c([c-]c4cc(C)ccc4c2CC(C)(C)C)-c3n1.[2H]c1cc2c3c(cc4c(CC(C)(C)C)cccc42)Oc2c([c-]c4ccccc4c2CC(C)C)-c3n1.[Ir]. The molecule has 0 fully saturated rings. The Balaban J connectivity index is 0.000000170. The summed E-state index contributed by atoms with van der Waals surface area (Å²) in [7, 11) is 0. The van der Waals surface area contributed by atoms with Crippen LogP contribution in [0.25, 0.3) is 87.1 Å². The molecule has 0 unspecified atom stereocenters. The van der Waals surface area contributed by atoms with Crippen molar-refractivity contribution >= 4 is 70.4 Å². The van der Waals surface area contributed by atoms with Crippen LogP contribution in [0.5, 0.6) is 23.0 Å². The van der Waals surface area contributed by atoms with Gasteiger partial charge in [0.15, 0.2) is 5.78 Å². The number of fused-ring (bicyclic) bond motifs is 10. The van der Waals surface area contributed by atoms with E-state index in [4.69, 9.17) is 22.2 Å². The maximum absolute atomic E-state index is 12.0. The summed E-state index contributed by atoms with van der Waals surface area (Å²) in [6.45, 7) is 37.1. The number of rotatable bonds is 12. The first-order valence-electron chi connectivity index (χ1n) is 32.5. The van der Waals surface area contributed by atoms with Gasteiger partial charge < -0.3 is 14.6 Å². The number of ketones is 1. The van der Waals surface area contributed by atoms with Gasteiger partial charge in [0.1, 0.15) is 11.5 Å². The van der Waals surface area contributed by atoms with Crippen LogP contribution in [0.2, 0.25) is 0 Å². The molecule has 0 atom stereocenters. The Morgan fingerprint density at radius 2 is 1.05 bits per heavy atom. The summed E-state index contributed by atoms with van der Waals surface area (Å²) in [5.41, 5.74) is 9.62. The number of hydrogen-bond donors (Lipinski definition) is 1. The molecule has 1 N–H and O–H groups in total. The molecule has 0 saturated heterocycles. The molecular weight excluding hydrogens is 1250 g/mol. The van der Waals surface area contributed by atoms with Crippen LogP contribution in [-0.4, -0.2) is 20.9 Å². The van der Waals surface area contributed by atoms with Crippen LogP contribution >= 0.6 is 0 Å². The summed E-state index contributed by atoms with van der Waals surface area (Å²) < 4.78 is 30.9. The van der Waals surface area contributed by atoms with Gasteiger partial charge in [-0.2, -0.15) is 0 Å². The number of carbonyl (C=O) groups is 1. The molecule has 87 heavy (non-hydrogen) atoms. The number of pyridine rings is 2. The smallest absolute Gasteiger partial charge is 0.164 e. The van der Waals surface area contributed by atoms with Gasteiger partial charge in [-0.1, -0.05) is 216 Å². The third-order valence-electron chi connectivity index (χ3n) is 17.6. The minimum atomic E-state index is -0.319. The van der Waals surface area contributed by atoms with Gasteiger partial charge in [0.2, 0.25) is 0 Å². The molecule has 2 aliphatic heterocycles. The summed E-state index contributed by atoms with van der Waals surface area (Å²) in [4.78, 5) is 21.6. The Bertz CT molecular complexity index is 4400. The van der Waals surface area contributed by atoms with Gasteiger partial charge in [0.25, 0.3) is 0 Å². The van der Waals surface area contributed by atoms with Gasteiger partial charge in [-0.15, -0.1) is 35.0 Å². The maximum Gasteiger partial charge on any atom is 0.164 e. The molecule has 0 spiro atoms. The van der Waals surface area contributed by atoms with Crippen LogP contribution < -0.4 is 9.47 Å². The summed E-state index contributed by atoms with van der Waals surface area (Å²) in [6.07, 6.45) is 9.07. The van der Waals surface area contributed by atoms with Crippen LogP contribution in [0.4, 0.5) is 0 Å². The number of allylic oxidation sites excluding steroid dienone is 2. The Hall–Kier alpha value is -6.92. The first kappa shape index (κ1) is 61.7. The van der Waals surface area contributed by atoms with Crippen LogP contribution in [0.15, 0.2) is 127 Å². The number of benzene rings is 8. The number of aliphatic hydroxyl groups excluding tert-OH is 1. The predicted octanol–water partition coefficient (Wildman–Crippen LogP) is 22.8. The fourth-order valence-electron chi connectivity index (χ4n) is 12.8. The van der Waals surface area contributed by atoms with E-state index in [2.05, 4.69) is 186 Å². The molecule has 8 aromatic carbocycles. The van der Waals surface area contributed by atoms with Crippen molar-refractivity contribution in [1.82, 2.24) is 9.97 Å². The van der Waals surface area contributed by atoms with E-state index < -0.39 is 0 Å². The Morgan fingerprint density at radius 1 is 0.575 bits per heavy atom. The first-order chi connectivity index (χ1) is 41.5. The van der Waals surface area contributed by atoms with Crippen LogP contribution in [0, 0.1) is 52.6 Å². The van der Waals surface area contributed by atoms with E-state index >= 15 is 0 Å². The zero-order chi connectivity index (χ0) is 63.5. The molecule has 2 aliphatic rings. The molecule has 2 aromatic heterocycles. The average Bonchev–Trinajstić information content (AvgIpc) is 0.734. The van der Waals surface area contributed by atoms with Crippen molar-refractivity contribution in [3.05, 3.63) is 167 Å². The molecule has 4 heterocycles. The standard InChI is InChI=1S/C34H34NO.C32H30NO.C14H26O2.Ir/c1-20-11-12-23-22(15-20)16-27-31-30-25(13-14-35-31)24-10-8-9-21(18-33(2,3)4)26(24)17-29(30)36-32(27)28(23)19-34(5,6)7;1-19(2)15-26-22-11-7-6-9-20(22)16-27-30-29-24(13-14-33-30)23-12-8-10-21(18-32(3,4)5)25(23)17-28(29)34-31(26)27;1-6-11(7-2)12(15)10-13(16)14(5,8-3)9-4;/h8-15,17H,18-19H2,1-7H3;6-14,17,19H,15,18H2,1-5H3;10-11,15H,6-9H2,1-5H3;/q2*-1;;/b;;12-10-;/i2*14D;;. The summed E-state index contributed by atoms with van der Waals surface area (Å²) in [6, 6.07) is 43.4. The second kappa shape index (κ2) is 25.3. The topological polar surface area (TPSA) is 81.5 Å². The molecule has 10 aromatic rings. The van der Waals surface area contributed by atoms with Crippen molar-refractivity contribution in [3.8, 4) is 45.5 Å². The molecule has 0 aliphatic carbocycles. The molecular formula is C80H90IrN2O4-2. The minimum Gasteiger partial charge on any atom is -0.512 e. The second-order valence-corrected chi connectivity index (χ2v) is 28.8. The van der Waals surface area contributed by atoms with E-state index in [0.717, 1.165) is 140 Å². The van der Waals surface area contributed by atoms with Crippen molar-refractivity contribution in [2.45, 2.75) is 169 Å². The number of aryl methyl sites for hydroxylation is 1. The van der Waals surface area contributed by atoms with E-state index in [1.54, 1.807) is 0 Å². The zero-order valence-electron chi connectivity index (χ0n) is 56.6. The first-order valence-corrected chi connectivity index (χ1v) is 31.5. The van der Waals surface area contributed by atoms with E-state index in [9.17, 15) is 9.90 Å². The molecule has 0 amide bonds. The average molecular weight is 1340 g/mol. The molecule has 455 valence electrons. The van der Waals surface area contributed by atoms with E-state index in [0.29, 0.717) is 5.92 Å². The van der Waals surface area contributed by atoms with Crippen molar-refractivity contribution < 1.29 is 42.2 Å². The number of carbonyl (C=O) groups excluding carboxylic acids is 1. The van der Waals surface area contributed by atoms with Crippen molar-refractivity contribution in [3.63, 3.8) is 0 Å². The largest absolute Gasteiger partial charge is 0.512 e. The molecule has 7 heteroatoms. The van der Waals surface area contributed by atoms with Crippen molar-refractivity contribution in [1.29, 1.82) is 0 Å².